The van der Waals surface area contributed by atoms with Gasteiger partial charge in [0.1, 0.15) is 5.75 Å². The van der Waals surface area contributed by atoms with Crippen molar-refractivity contribution in [2.75, 3.05) is 0 Å². The van der Waals surface area contributed by atoms with Gasteiger partial charge in [-0.2, -0.15) is 0 Å². The molecule has 0 saturated heterocycles. The van der Waals surface area contributed by atoms with Crippen LogP contribution in [-0.4, -0.2) is 9.79 Å². The van der Waals surface area contributed by atoms with Gasteiger partial charge in [-0.25, -0.2) is 0 Å². The van der Waals surface area contributed by atoms with Crippen molar-refractivity contribution in [3.8, 4) is 5.75 Å². The van der Waals surface area contributed by atoms with E-state index in [9.17, 15) is 0 Å². The third kappa shape index (κ3) is 8.37. The Morgan fingerprint density at radius 3 is 1.77 bits per heavy atom. The molecule has 0 saturated carbocycles. The molecule has 1 aromatic rings. The number of benzene rings is 1. The van der Waals surface area contributed by atoms with Crippen molar-refractivity contribution in [1.82, 2.24) is 0 Å². The van der Waals surface area contributed by atoms with E-state index in [1.807, 2.05) is 24.3 Å². The fourth-order valence-electron chi connectivity index (χ4n) is 3.81. The quantitative estimate of drug-likeness (QED) is 0.466. The van der Waals surface area contributed by atoms with E-state index in [4.69, 9.17) is 14.3 Å². The molecule has 0 aromatic heterocycles. The lowest BCUT2D eigenvalue weighted by Crippen LogP contribution is -2.25. The zero-order valence-electron chi connectivity index (χ0n) is 17.7. The molecule has 2 unspecified atom stereocenters. The van der Waals surface area contributed by atoms with Gasteiger partial charge in [-0.3, -0.25) is 0 Å². The van der Waals surface area contributed by atoms with Gasteiger partial charge in [0, 0.05) is 0 Å². The second kappa shape index (κ2) is 10.1. The second-order valence-corrected chi connectivity index (χ2v) is 10.3. The van der Waals surface area contributed by atoms with Gasteiger partial charge in [-0.15, -0.1) is 0 Å². The summed E-state index contributed by atoms with van der Waals surface area (Å²) >= 11 is 0. The number of aryl methyl sites for hydroxylation is 1. The third-order valence-electron chi connectivity index (χ3n) is 5.70. The van der Waals surface area contributed by atoms with Crippen LogP contribution in [0.15, 0.2) is 24.3 Å². The first-order chi connectivity index (χ1) is 11.9. The Balaban J connectivity index is 2.65. The molecule has 0 fully saturated rings. The first kappa shape index (κ1) is 23.4. The summed E-state index contributed by atoms with van der Waals surface area (Å²) in [5.41, 5.74) is 1.96. The summed E-state index contributed by atoms with van der Waals surface area (Å²) in [6, 6.07) is 7.68. The molecule has 0 aliphatic carbocycles. The van der Waals surface area contributed by atoms with Crippen molar-refractivity contribution in [1.29, 1.82) is 0 Å². The molecule has 0 heterocycles. The van der Waals surface area contributed by atoms with E-state index in [-0.39, 0.29) is 0 Å². The molecule has 0 spiro atoms. The molecule has 0 aliphatic heterocycles. The van der Waals surface area contributed by atoms with Crippen LogP contribution in [0.25, 0.3) is 0 Å². The van der Waals surface area contributed by atoms with Crippen LogP contribution in [0.5, 0.6) is 5.75 Å². The first-order valence-corrected chi connectivity index (χ1v) is 11.0. The zero-order chi connectivity index (χ0) is 20.0. The molecule has 0 aliphatic rings. The second-order valence-electron chi connectivity index (χ2n) is 9.64. The lowest BCUT2D eigenvalue weighted by atomic mass is 9.70. The predicted octanol–water partition coefficient (Wildman–Crippen LogP) is 6.72. The van der Waals surface area contributed by atoms with Crippen molar-refractivity contribution < 1.29 is 14.3 Å². The normalized spacial score (nSPS) is 15.2. The molecule has 2 N–H and O–H groups in total. The third-order valence-corrected chi connectivity index (χ3v) is 6.07. The van der Waals surface area contributed by atoms with Crippen molar-refractivity contribution in [3.05, 3.63) is 29.8 Å². The van der Waals surface area contributed by atoms with Crippen LogP contribution in [0.2, 0.25) is 0 Å². The van der Waals surface area contributed by atoms with E-state index in [2.05, 4.69) is 48.5 Å². The zero-order valence-corrected chi connectivity index (χ0v) is 18.6. The van der Waals surface area contributed by atoms with Gasteiger partial charge in [0.15, 0.2) is 0 Å². The van der Waals surface area contributed by atoms with Crippen LogP contribution in [0, 0.1) is 22.7 Å². The highest BCUT2D eigenvalue weighted by Crippen LogP contribution is 2.39. The Bertz CT molecular complexity index is 512. The number of rotatable bonds is 9. The molecular weight excluding hydrogens is 343 g/mol. The fraction of sp³-hybridized carbons (Fsp3) is 0.727. The molecule has 0 radical (unpaired) electrons. The molecule has 4 heteroatoms. The minimum absolute atomic E-state index is 0.308. The Morgan fingerprint density at radius 1 is 0.846 bits per heavy atom. The SMILES string of the molecule is CCC(CCC(CCc1ccc(OP(O)O)cc1)C(C)(C)C)C(C)(C)C. The molecule has 1 rings (SSSR count). The number of hydrogen-bond acceptors (Lipinski definition) is 3. The van der Waals surface area contributed by atoms with E-state index in [1.165, 1.54) is 31.2 Å². The molecule has 150 valence electrons. The maximum Gasteiger partial charge on any atom is 0.391 e. The van der Waals surface area contributed by atoms with Crippen LogP contribution in [0.1, 0.15) is 79.7 Å². The first-order valence-electron chi connectivity index (χ1n) is 9.88. The Labute approximate surface area is 162 Å². The lowest BCUT2D eigenvalue weighted by molar-refractivity contribution is 0.158. The van der Waals surface area contributed by atoms with Crippen LogP contribution in [0.3, 0.4) is 0 Å². The minimum atomic E-state index is -2.34. The van der Waals surface area contributed by atoms with Gasteiger partial charge in [0.25, 0.3) is 0 Å². The maximum atomic E-state index is 8.92. The predicted molar refractivity (Wildman–Crippen MR) is 112 cm³/mol. The lowest BCUT2D eigenvalue weighted by Gasteiger charge is -2.35. The molecule has 0 bridgehead atoms. The summed E-state index contributed by atoms with van der Waals surface area (Å²) in [5, 5.41) is 0. The monoisotopic (exact) mass is 382 g/mol. The van der Waals surface area contributed by atoms with Gasteiger partial charge < -0.3 is 14.3 Å². The molecular formula is C22H39O3P. The molecule has 1 aromatic carbocycles. The van der Waals surface area contributed by atoms with Crippen molar-refractivity contribution in [3.63, 3.8) is 0 Å². The summed E-state index contributed by atoms with van der Waals surface area (Å²) in [5.74, 6) is 1.97. The highest BCUT2D eigenvalue weighted by atomic mass is 31.2. The highest BCUT2D eigenvalue weighted by Gasteiger charge is 2.28. The van der Waals surface area contributed by atoms with Crippen LogP contribution in [-0.2, 0) is 6.42 Å². The average molecular weight is 383 g/mol. The summed E-state index contributed by atoms with van der Waals surface area (Å²) in [7, 11) is -2.34. The fourth-order valence-corrected chi connectivity index (χ4v) is 4.12. The van der Waals surface area contributed by atoms with Gasteiger partial charge in [-0.05, 0) is 66.0 Å². The van der Waals surface area contributed by atoms with Crippen molar-refractivity contribution in [2.45, 2.75) is 80.6 Å². The van der Waals surface area contributed by atoms with E-state index in [0.717, 1.165) is 12.3 Å². The summed E-state index contributed by atoms with van der Waals surface area (Å²) in [4.78, 5) is 17.8. The van der Waals surface area contributed by atoms with E-state index < -0.39 is 8.60 Å². The minimum Gasteiger partial charge on any atom is -0.427 e. The number of hydrogen-bond donors (Lipinski definition) is 2. The molecule has 0 amide bonds. The van der Waals surface area contributed by atoms with E-state index in [0.29, 0.717) is 22.5 Å². The molecule has 26 heavy (non-hydrogen) atoms. The smallest absolute Gasteiger partial charge is 0.391 e. The van der Waals surface area contributed by atoms with Crippen LogP contribution < -0.4 is 4.52 Å². The van der Waals surface area contributed by atoms with E-state index in [1.54, 1.807) is 0 Å². The molecule has 3 nitrogen and oxygen atoms in total. The van der Waals surface area contributed by atoms with Gasteiger partial charge in [-0.1, -0.05) is 67.0 Å². The van der Waals surface area contributed by atoms with Gasteiger partial charge in [0.05, 0.1) is 0 Å². The average Bonchev–Trinajstić information content (AvgIpc) is 2.49. The van der Waals surface area contributed by atoms with Crippen LogP contribution >= 0.6 is 8.60 Å². The Kier molecular flexibility index (Phi) is 9.06. The van der Waals surface area contributed by atoms with Crippen molar-refractivity contribution in [2.24, 2.45) is 22.7 Å². The Hall–Kier alpha value is -0.630. The summed E-state index contributed by atoms with van der Waals surface area (Å²) < 4.78 is 4.93. The summed E-state index contributed by atoms with van der Waals surface area (Å²) in [6.07, 6.45) is 6.05. The van der Waals surface area contributed by atoms with Gasteiger partial charge in [0.2, 0.25) is 0 Å². The highest BCUT2D eigenvalue weighted by molar-refractivity contribution is 7.39. The standard InChI is InChI=1S/C22H39O3P/c1-8-18(21(2,3)4)13-14-19(22(5,6)7)12-9-17-10-15-20(16-11-17)25-26(23)24/h10-11,15-16,18-19,23-24H,8-9,12-14H2,1-7H3. The van der Waals surface area contributed by atoms with Crippen LogP contribution in [0.4, 0.5) is 0 Å². The van der Waals surface area contributed by atoms with Gasteiger partial charge >= 0.3 is 8.60 Å². The maximum absolute atomic E-state index is 8.92. The van der Waals surface area contributed by atoms with E-state index >= 15 is 0 Å². The largest absolute Gasteiger partial charge is 0.427 e. The van der Waals surface area contributed by atoms with Crippen molar-refractivity contribution >= 4 is 8.60 Å². The topological polar surface area (TPSA) is 49.7 Å². The summed E-state index contributed by atoms with van der Waals surface area (Å²) in [6.45, 7) is 16.5. The molecule has 2 atom stereocenters. The Morgan fingerprint density at radius 2 is 1.35 bits per heavy atom.